The molecule has 2 heteroatoms. The number of hydrogen-bond acceptors (Lipinski definition) is 2. The van der Waals surface area contributed by atoms with E-state index in [2.05, 4.69) is 0 Å². The molecule has 0 unspecified atom stereocenters. The number of rotatable bonds is 2. The van der Waals surface area contributed by atoms with Crippen molar-refractivity contribution in [3.05, 3.63) is 0 Å². The van der Waals surface area contributed by atoms with E-state index in [1.807, 2.05) is 0 Å². The maximum Gasteiger partial charge on any atom is 0.0443 e. The van der Waals surface area contributed by atoms with Gasteiger partial charge in [-0.15, -0.1) is 0 Å². The fraction of sp³-hybridized carbons (Fsp3) is 1.00. The van der Waals surface area contributed by atoms with Gasteiger partial charge in [0.25, 0.3) is 0 Å². The molecule has 0 bridgehead atoms. The topological polar surface area (TPSA) is 46.2 Å². The second kappa shape index (κ2) is 3.92. The van der Waals surface area contributed by atoms with Crippen LogP contribution in [0.4, 0.5) is 0 Å². The quantitative estimate of drug-likeness (QED) is 0.459. The van der Waals surface area contributed by atoms with Gasteiger partial charge in [0.2, 0.25) is 0 Å². The van der Waals surface area contributed by atoms with Crippen molar-refractivity contribution in [3.63, 3.8) is 0 Å². The molecule has 0 saturated heterocycles. The van der Waals surface area contributed by atoms with Gasteiger partial charge >= 0.3 is 0 Å². The van der Waals surface area contributed by atoms with Crippen LogP contribution >= 0.6 is 0 Å². The van der Waals surface area contributed by atoms with Crippen molar-refractivity contribution in [1.29, 1.82) is 0 Å². The molecule has 3 N–H and O–H groups in total. The lowest BCUT2D eigenvalue weighted by molar-refractivity contribution is 0.291. The normalized spacial score (nSPS) is 17.2. The largest absolute Gasteiger partial charge is 0.396 e. The first kappa shape index (κ1) is 2.16. The van der Waals surface area contributed by atoms with E-state index in [1.54, 1.807) is 0 Å². The van der Waals surface area contributed by atoms with Crippen molar-refractivity contribution in [2.24, 2.45) is 5.73 Å². The summed E-state index contributed by atoms with van der Waals surface area (Å²) < 4.78 is 13.2. The smallest absolute Gasteiger partial charge is 0.0443 e. The molecule has 0 aromatic heterocycles. The standard InChI is InChI=1S/C3H9NO/c4-2-1-3-5/h5H,1-4H2/i2D2. The van der Waals surface area contributed by atoms with Crippen LogP contribution in [0.3, 0.4) is 0 Å². The molecule has 0 aliphatic heterocycles. The van der Waals surface area contributed by atoms with Crippen LogP contribution in [0.1, 0.15) is 9.16 Å². The molecule has 0 aliphatic carbocycles. The molecule has 5 heavy (non-hydrogen) atoms. The number of aliphatic hydroxyl groups is 1. The molecule has 0 atom stereocenters. The van der Waals surface area contributed by atoms with Crippen LogP contribution in [-0.2, 0) is 0 Å². The molecule has 0 amide bonds. The van der Waals surface area contributed by atoms with Gasteiger partial charge in [-0.05, 0) is 12.9 Å². The summed E-state index contributed by atoms with van der Waals surface area (Å²) in [5.74, 6) is 0. The van der Waals surface area contributed by atoms with Crippen molar-refractivity contribution < 1.29 is 7.85 Å². The summed E-state index contributed by atoms with van der Waals surface area (Å²) in [6, 6.07) is 0. The summed E-state index contributed by atoms with van der Waals surface area (Å²) in [6.07, 6.45) is 0.00694. The zero-order chi connectivity index (χ0) is 5.91. The maximum absolute atomic E-state index is 8.08. The summed E-state index contributed by atoms with van der Waals surface area (Å²) in [5, 5.41) is 8.08. The van der Waals surface area contributed by atoms with Gasteiger partial charge in [-0.2, -0.15) is 0 Å². The molecular formula is C3H9NO. The lowest BCUT2D eigenvalue weighted by Crippen LogP contribution is -1.99. The highest BCUT2D eigenvalue weighted by Crippen LogP contribution is 1.62. The Morgan fingerprint density at radius 2 is 2.60 bits per heavy atom. The molecule has 0 aliphatic rings. The lowest BCUT2D eigenvalue weighted by Gasteiger charge is -1.80. The van der Waals surface area contributed by atoms with E-state index in [9.17, 15) is 0 Å². The fourth-order valence-electron chi connectivity index (χ4n) is 0.0645. The molecule has 0 radical (unpaired) electrons. The van der Waals surface area contributed by atoms with E-state index in [0.29, 0.717) is 0 Å². The Hall–Kier alpha value is -0.0800. The monoisotopic (exact) mass is 77.1 g/mol. The van der Waals surface area contributed by atoms with Crippen LogP contribution in [0.5, 0.6) is 0 Å². The van der Waals surface area contributed by atoms with E-state index < -0.39 is 6.50 Å². The maximum atomic E-state index is 8.08. The summed E-state index contributed by atoms with van der Waals surface area (Å²) in [7, 11) is 0. The molecule has 32 valence electrons. The predicted octanol–water partition coefficient (Wildman–Crippen LogP) is -0.672. The minimum absolute atomic E-state index is 0.00694. The summed E-state index contributed by atoms with van der Waals surface area (Å²) in [4.78, 5) is 0. The molecule has 0 spiro atoms. The summed E-state index contributed by atoms with van der Waals surface area (Å²) in [6.45, 7) is -1.89. The number of nitrogens with two attached hydrogens (primary N) is 1. The second-order valence-corrected chi connectivity index (χ2v) is 0.678. The Kier molecular flexibility index (Phi) is 1.69. The summed E-state index contributed by atoms with van der Waals surface area (Å²) >= 11 is 0. The molecule has 0 rings (SSSR count). The van der Waals surface area contributed by atoms with Crippen molar-refractivity contribution in [1.82, 2.24) is 0 Å². The van der Waals surface area contributed by atoms with Crippen molar-refractivity contribution in [2.45, 2.75) is 6.42 Å². The molecule has 0 fully saturated rings. The van der Waals surface area contributed by atoms with Crippen LogP contribution in [0.15, 0.2) is 0 Å². The lowest BCUT2D eigenvalue weighted by atomic mass is 10.5. The SMILES string of the molecule is [2H]C([2H])(N)CCO. The van der Waals surface area contributed by atoms with Gasteiger partial charge in [0, 0.05) is 9.35 Å². The first-order valence-electron chi connectivity index (χ1n) is 2.46. The molecular weight excluding hydrogens is 66.0 g/mol. The van der Waals surface area contributed by atoms with Gasteiger partial charge in [0.15, 0.2) is 0 Å². The highest BCUT2D eigenvalue weighted by atomic mass is 16.2. The van der Waals surface area contributed by atoms with Crippen LogP contribution in [0.25, 0.3) is 0 Å². The fourth-order valence-corrected chi connectivity index (χ4v) is 0.0645. The zero-order valence-electron chi connectivity index (χ0n) is 4.94. The Morgan fingerprint density at radius 1 is 2.00 bits per heavy atom. The van der Waals surface area contributed by atoms with E-state index in [0.717, 1.165) is 0 Å². The second-order valence-electron chi connectivity index (χ2n) is 0.678. The van der Waals surface area contributed by atoms with Crippen molar-refractivity contribution in [2.75, 3.05) is 13.1 Å². The van der Waals surface area contributed by atoms with Crippen LogP contribution in [-0.4, -0.2) is 18.2 Å². The van der Waals surface area contributed by atoms with Crippen molar-refractivity contribution >= 4 is 0 Å². The third-order valence-electron chi connectivity index (χ3n) is 0.256. The van der Waals surface area contributed by atoms with Crippen molar-refractivity contribution in [3.8, 4) is 0 Å². The van der Waals surface area contributed by atoms with Gasteiger partial charge < -0.3 is 10.8 Å². The number of aliphatic hydroxyl groups excluding tert-OH is 1. The highest BCUT2D eigenvalue weighted by molar-refractivity contribution is 4.28. The van der Waals surface area contributed by atoms with E-state index in [1.165, 1.54) is 0 Å². The Labute approximate surface area is 34.4 Å². The van der Waals surface area contributed by atoms with Gasteiger partial charge in [0.1, 0.15) is 0 Å². The highest BCUT2D eigenvalue weighted by Gasteiger charge is 1.69. The van der Waals surface area contributed by atoms with Gasteiger partial charge in [0.05, 0.1) is 0 Å². The third kappa shape index (κ3) is 3.92. The van der Waals surface area contributed by atoms with E-state index in [-0.39, 0.29) is 13.0 Å². The van der Waals surface area contributed by atoms with Crippen LogP contribution < -0.4 is 5.73 Å². The van der Waals surface area contributed by atoms with Crippen LogP contribution in [0.2, 0.25) is 0 Å². The average Bonchev–Trinajstić information content (AvgIpc) is 1.30. The summed E-state index contributed by atoms with van der Waals surface area (Å²) in [5.41, 5.74) is 4.82. The molecule has 2 nitrogen and oxygen atoms in total. The Morgan fingerprint density at radius 3 is 2.60 bits per heavy atom. The van der Waals surface area contributed by atoms with Crippen LogP contribution in [0, 0.1) is 0 Å². The Bertz CT molecular complexity index is 51.4. The number of hydrogen-bond donors (Lipinski definition) is 2. The predicted molar refractivity (Wildman–Crippen MR) is 20.8 cm³/mol. The Balaban J connectivity index is 3.15. The minimum atomic E-state index is -1.70. The molecule has 0 aromatic carbocycles. The average molecular weight is 77.1 g/mol. The van der Waals surface area contributed by atoms with Gasteiger partial charge in [-0.25, -0.2) is 0 Å². The molecule has 0 saturated carbocycles. The zero-order valence-corrected chi connectivity index (χ0v) is 2.94. The molecule has 0 aromatic rings. The van der Waals surface area contributed by atoms with E-state index in [4.69, 9.17) is 13.6 Å². The van der Waals surface area contributed by atoms with E-state index >= 15 is 0 Å². The first-order chi connectivity index (χ1) is 3.06. The first-order valence-corrected chi connectivity index (χ1v) is 1.46. The van der Waals surface area contributed by atoms with Gasteiger partial charge in [-0.3, -0.25) is 0 Å². The third-order valence-corrected chi connectivity index (χ3v) is 0.256. The minimum Gasteiger partial charge on any atom is -0.396 e. The van der Waals surface area contributed by atoms with Gasteiger partial charge in [-0.1, -0.05) is 0 Å². The molecule has 0 heterocycles.